The van der Waals surface area contributed by atoms with Crippen molar-refractivity contribution in [2.75, 3.05) is 19.8 Å². The van der Waals surface area contributed by atoms with Gasteiger partial charge >= 0.3 is 5.69 Å². The first kappa shape index (κ1) is 16.1. The van der Waals surface area contributed by atoms with Gasteiger partial charge in [0.2, 0.25) is 0 Å². The van der Waals surface area contributed by atoms with Gasteiger partial charge in [0.05, 0.1) is 24.4 Å². The summed E-state index contributed by atoms with van der Waals surface area (Å²) in [6, 6.07) is 7.26. The van der Waals surface area contributed by atoms with E-state index in [1.165, 1.54) is 0 Å². The number of aryl methyl sites for hydroxylation is 1. The zero-order valence-electron chi connectivity index (χ0n) is 14.6. The quantitative estimate of drug-likeness (QED) is 0.930. The zero-order valence-corrected chi connectivity index (χ0v) is 14.6. The Morgan fingerprint density at radius 2 is 2.00 bits per heavy atom. The van der Waals surface area contributed by atoms with Crippen LogP contribution in [0.25, 0.3) is 5.69 Å². The summed E-state index contributed by atoms with van der Waals surface area (Å²) < 4.78 is 7.26. The maximum absolute atomic E-state index is 13.1. The third-order valence-corrected chi connectivity index (χ3v) is 5.50. The van der Waals surface area contributed by atoms with E-state index in [1.807, 2.05) is 24.0 Å². The maximum atomic E-state index is 13.1. The summed E-state index contributed by atoms with van der Waals surface area (Å²) in [6.45, 7) is 5.83. The topological polar surface area (TPSA) is 67.3 Å². The number of hydrogen-bond donors (Lipinski definition) is 1. The number of aromatic amines is 1. The first-order valence-corrected chi connectivity index (χ1v) is 8.78. The molecule has 4 rings (SSSR count). The van der Waals surface area contributed by atoms with Crippen LogP contribution in [-0.4, -0.2) is 45.7 Å². The number of amides is 1. The van der Waals surface area contributed by atoms with Gasteiger partial charge in [0.1, 0.15) is 0 Å². The Labute approximate surface area is 146 Å². The fourth-order valence-corrected chi connectivity index (χ4v) is 3.83. The molecule has 1 saturated heterocycles. The molecule has 25 heavy (non-hydrogen) atoms. The maximum Gasteiger partial charge on any atom is 0.330 e. The van der Waals surface area contributed by atoms with Crippen LogP contribution >= 0.6 is 0 Å². The molecule has 2 aliphatic rings. The van der Waals surface area contributed by atoms with E-state index in [2.05, 4.69) is 11.9 Å². The zero-order chi connectivity index (χ0) is 17.6. The summed E-state index contributed by atoms with van der Waals surface area (Å²) in [7, 11) is 0. The van der Waals surface area contributed by atoms with Crippen LogP contribution in [0.2, 0.25) is 0 Å². The van der Waals surface area contributed by atoms with Crippen LogP contribution in [0.3, 0.4) is 0 Å². The number of ether oxygens (including phenoxy) is 1. The fourth-order valence-electron chi connectivity index (χ4n) is 3.83. The molecular weight excluding hydrogens is 318 g/mol. The van der Waals surface area contributed by atoms with Gasteiger partial charge in [-0.25, -0.2) is 4.79 Å². The van der Waals surface area contributed by atoms with Gasteiger partial charge in [0.15, 0.2) is 0 Å². The van der Waals surface area contributed by atoms with E-state index in [0.29, 0.717) is 31.2 Å². The first-order chi connectivity index (χ1) is 12.0. The van der Waals surface area contributed by atoms with Crippen molar-refractivity contribution >= 4 is 5.91 Å². The van der Waals surface area contributed by atoms with Crippen molar-refractivity contribution in [3.8, 4) is 5.69 Å². The van der Waals surface area contributed by atoms with Crippen LogP contribution in [0, 0.1) is 12.8 Å². The number of nitrogens with zero attached hydrogens (tertiary/aromatic N) is 2. The Bertz CT molecular complexity index is 848. The number of H-pyrrole nitrogens is 1. The third kappa shape index (κ3) is 2.70. The fraction of sp³-hybridized carbons (Fsp3) is 0.474. The van der Waals surface area contributed by atoms with Gasteiger partial charge in [0, 0.05) is 24.0 Å². The number of morpholine rings is 1. The lowest BCUT2D eigenvalue weighted by molar-refractivity contribution is -0.0547. The highest BCUT2D eigenvalue weighted by atomic mass is 16.5. The van der Waals surface area contributed by atoms with Crippen LogP contribution in [-0.2, 0) is 4.74 Å². The SMILES string of the molecule is Cc1c[nH]c(=O)n1-c1ccc(C(=O)N2CCOCC2(C)C2CC2)cc1. The van der Waals surface area contributed by atoms with E-state index in [1.54, 1.807) is 22.9 Å². The van der Waals surface area contributed by atoms with E-state index in [4.69, 9.17) is 4.74 Å². The molecule has 1 N–H and O–H groups in total. The first-order valence-electron chi connectivity index (χ1n) is 8.78. The van der Waals surface area contributed by atoms with Gasteiger partial charge in [-0.3, -0.25) is 9.36 Å². The predicted molar refractivity (Wildman–Crippen MR) is 94.1 cm³/mol. The second kappa shape index (κ2) is 5.88. The van der Waals surface area contributed by atoms with E-state index in [9.17, 15) is 9.59 Å². The second-order valence-corrected chi connectivity index (χ2v) is 7.26. The Morgan fingerprint density at radius 1 is 1.28 bits per heavy atom. The molecule has 1 saturated carbocycles. The minimum absolute atomic E-state index is 0.0439. The number of carbonyl (C=O) groups excluding carboxylic acids is 1. The summed E-state index contributed by atoms with van der Waals surface area (Å²) in [5.74, 6) is 0.583. The van der Waals surface area contributed by atoms with Crippen molar-refractivity contribution in [2.45, 2.75) is 32.2 Å². The molecule has 1 unspecified atom stereocenters. The second-order valence-electron chi connectivity index (χ2n) is 7.26. The van der Waals surface area contributed by atoms with E-state index >= 15 is 0 Å². The van der Waals surface area contributed by atoms with Crippen molar-refractivity contribution in [3.05, 3.63) is 52.2 Å². The summed E-state index contributed by atoms with van der Waals surface area (Å²) in [5.41, 5.74) is 1.86. The summed E-state index contributed by atoms with van der Waals surface area (Å²) in [5, 5.41) is 0. The number of nitrogens with one attached hydrogen (secondary N) is 1. The smallest absolute Gasteiger partial charge is 0.330 e. The molecular formula is C19H23N3O3. The minimum atomic E-state index is -0.206. The van der Waals surface area contributed by atoms with Crippen molar-refractivity contribution in [1.29, 1.82) is 0 Å². The molecule has 1 aromatic carbocycles. The van der Waals surface area contributed by atoms with Gasteiger partial charge in [-0.2, -0.15) is 0 Å². The molecule has 1 aromatic heterocycles. The van der Waals surface area contributed by atoms with Crippen LogP contribution in [0.15, 0.2) is 35.3 Å². The average molecular weight is 341 g/mol. The molecule has 2 fully saturated rings. The van der Waals surface area contributed by atoms with Crippen LogP contribution < -0.4 is 5.69 Å². The summed E-state index contributed by atoms with van der Waals surface area (Å²) >= 11 is 0. The van der Waals surface area contributed by atoms with Crippen molar-refractivity contribution < 1.29 is 9.53 Å². The Hall–Kier alpha value is -2.34. The van der Waals surface area contributed by atoms with Crippen LogP contribution in [0.1, 0.15) is 35.8 Å². The molecule has 1 aliphatic heterocycles. The average Bonchev–Trinajstić information content (AvgIpc) is 3.42. The molecule has 132 valence electrons. The highest BCUT2D eigenvalue weighted by Crippen LogP contribution is 2.44. The highest BCUT2D eigenvalue weighted by molar-refractivity contribution is 5.95. The predicted octanol–water partition coefficient (Wildman–Crippen LogP) is 2.12. The van der Waals surface area contributed by atoms with Crippen molar-refractivity contribution in [2.24, 2.45) is 5.92 Å². The Morgan fingerprint density at radius 3 is 2.60 bits per heavy atom. The van der Waals surface area contributed by atoms with Crippen LogP contribution in [0.4, 0.5) is 0 Å². The van der Waals surface area contributed by atoms with Crippen molar-refractivity contribution in [3.63, 3.8) is 0 Å². The van der Waals surface area contributed by atoms with Crippen molar-refractivity contribution in [1.82, 2.24) is 14.5 Å². The molecule has 1 aliphatic carbocycles. The normalized spacial score (nSPS) is 23.7. The lowest BCUT2D eigenvalue weighted by Crippen LogP contribution is -2.58. The molecule has 0 radical (unpaired) electrons. The van der Waals surface area contributed by atoms with Gasteiger partial charge < -0.3 is 14.6 Å². The highest BCUT2D eigenvalue weighted by Gasteiger charge is 2.49. The summed E-state index contributed by atoms with van der Waals surface area (Å²) in [6.07, 6.45) is 4.01. The number of carbonyl (C=O) groups is 1. The lowest BCUT2D eigenvalue weighted by atomic mass is 9.92. The molecule has 2 aromatic rings. The van der Waals surface area contributed by atoms with Gasteiger partial charge in [-0.1, -0.05) is 0 Å². The minimum Gasteiger partial charge on any atom is -0.377 e. The molecule has 1 atom stereocenters. The molecule has 0 bridgehead atoms. The Kier molecular flexibility index (Phi) is 3.80. The number of hydrogen-bond acceptors (Lipinski definition) is 3. The largest absolute Gasteiger partial charge is 0.377 e. The lowest BCUT2D eigenvalue weighted by Gasteiger charge is -2.45. The molecule has 2 heterocycles. The molecule has 6 nitrogen and oxygen atoms in total. The standard InChI is InChI=1S/C19H23N3O3/c1-13-11-20-18(24)22(13)16-7-3-14(4-8-16)17(23)21-9-10-25-12-19(21,2)15-5-6-15/h3-4,7-8,11,15H,5-6,9-10,12H2,1-2H3,(H,20,24). The van der Waals surface area contributed by atoms with E-state index < -0.39 is 0 Å². The molecule has 1 amide bonds. The number of benzene rings is 1. The monoisotopic (exact) mass is 341 g/mol. The summed E-state index contributed by atoms with van der Waals surface area (Å²) in [4.78, 5) is 29.6. The molecule has 6 heteroatoms. The number of aromatic nitrogens is 2. The number of imidazole rings is 1. The third-order valence-electron chi connectivity index (χ3n) is 5.50. The number of rotatable bonds is 3. The van der Waals surface area contributed by atoms with Gasteiger partial charge in [-0.05, 0) is 56.9 Å². The van der Waals surface area contributed by atoms with Gasteiger partial charge in [0.25, 0.3) is 5.91 Å². The van der Waals surface area contributed by atoms with E-state index in [-0.39, 0.29) is 17.1 Å². The van der Waals surface area contributed by atoms with E-state index in [0.717, 1.165) is 24.2 Å². The Balaban J connectivity index is 1.61. The van der Waals surface area contributed by atoms with Crippen LogP contribution in [0.5, 0.6) is 0 Å². The molecule has 0 spiro atoms. The van der Waals surface area contributed by atoms with Gasteiger partial charge in [-0.15, -0.1) is 0 Å².